The normalized spacial score (nSPS) is 15.3. The van der Waals surface area contributed by atoms with E-state index in [0.717, 1.165) is 55.2 Å². The summed E-state index contributed by atoms with van der Waals surface area (Å²) in [6, 6.07) is 8.34. The lowest BCUT2D eigenvalue weighted by molar-refractivity contribution is 0.0365. The number of hydrogen-bond donors (Lipinski definition) is 0. The Balaban J connectivity index is 1.71. The Morgan fingerprint density at radius 1 is 1.00 bits per heavy atom. The summed E-state index contributed by atoms with van der Waals surface area (Å²) in [6.45, 7) is 6.94. The van der Waals surface area contributed by atoms with Crippen LogP contribution in [0.2, 0.25) is 0 Å². The van der Waals surface area contributed by atoms with Gasteiger partial charge >= 0.3 is 5.69 Å². The van der Waals surface area contributed by atoms with Crippen LogP contribution in [0.4, 0.5) is 0 Å². The van der Waals surface area contributed by atoms with Crippen molar-refractivity contribution in [3.63, 3.8) is 0 Å². The van der Waals surface area contributed by atoms with Crippen LogP contribution in [0.3, 0.4) is 0 Å². The monoisotopic (exact) mass is 422 g/mol. The number of imidazole rings is 2. The van der Waals surface area contributed by atoms with E-state index in [1.807, 2.05) is 10.6 Å². The molecule has 0 spiro atoms. The van der Waals surface area contributed by atoms with E-state index >= 15 is 0 Å². The molecule has 0 atom stereocenters. The van der Waals surface area contributed by atoms with Crippen molar-refractivity contribution in [1.82, 2.24) is 28.0 Å². The molecule has 0 unspecified atom stereocenters. The molecule has 1 aromatic carbocycles. The highest BCUT2D eigenvalue weighted by molar-refractivity contribution is 5.78. The number of nitrogens with zero attached hydrogens (tertiary/aromatic N) is 6. The summed E-state index contributed by atoms with van der Waals surface area (Å²) in [5.74, 6) is 0.664. The Morgan fingerprint density at radius 2 is 1.71 bits per heavy atom. The first-order chi connectivity index (χ1) is 15.0. The average molecular weight is 422 g/mol. The molecule has 0 saturated carbocycles. The lowest BCUT2D eigenvalue weighted by atomic mass is 10.1. The van der Waals surface area contributed by atoms with Crippen LogP contribution in [0.25, 0.3) is 28.2 Å². The van der Waals surface area contributed by atoms with Crippen LogP contribution in [0.15, 0.2) is 40.1 Å². The van der Waals surface area contributed by atoms with E-state index in [9.17, 15) is 9.59 Å². The number of ether oxygens (including phenoxy) is 1. The maximum absolute atomic E-state index is 12.9. The predicted octanol–water partition coefficient (Wildman–Crippen LogP) is 0.994. The van der Waals surface area contributed by atoms with Crippen molar-refractivity contribution in [3.05, 3.63) is 56.9 Å². The van der Waals surface area contributed by atoms with Gasteiger partial charge in [0.2, 0.25) is 5.78 Å². The van der Waals surface area contributed by atoms with Gasteiger partial charge in [-0.2, -0.15) is 4.98 Å². The molecule has 0 bridgehead atoms. The maximum atomic E-state index is 12.9. The summed E-state index contributed by atoms with van der Waals surface area (Å²) in [5.41, 5.74) is 3.34. The van der Waals surface area contributed by atoms with Gasteiger partial charge in [-0.3, -0.25) is 23.2 Å². The molecule has 0 N–H and O–H groups in total. The van der Waals surface area contributed by atoms with Gasteiger partial charge in [0.15, 0.2) is 11.2 Å². The van der Waals surface area contributed by atoms with Crippen molar-refractivity contribution >= 4 is 16.9 Å². The first-order valence-electron chi connectivity index (χ1n) is 10.5. The van der Waals surface area contributed by atoms with E-state index in [0.29, 0.717) is 16.9 Å². The van der Waals surface area contributed by atoms with E-state index in [4.69, 9.17) is 9.72 Å². The molecule has 4 heterocycles. The minimum absolute atomic E-state index is 0.341. The number of fused-ring (bicyclic) bond motifs is 3. The largest absolute Gasteiger partial charge is 0.379 e. The molecule has 4 aromatic rings. The van der Waals surface area contributed by atoms with Gasteiger partial charge in [0.25, 0.3) is 5.56 Å². The number of aromatic nitrogens is 5. The van der Waals surface area contributed by atoms with Gasteiger partial charge in [0.05, 0.1) is 18.9 Å². The molecule has 0 amide bonds. The molecule has 1 aliphatic rings. The second-order valence-corrected chi connectivity index (χ2v) is 8.15. The summed E-state index contributed by atoms with van der Waals surface area (Å²) in [4.78, 5) is 32.4. The quantitative estimate of drug-likeness (QED) is 0.490. The topological polar surface area (TPSA) is 78.7 Å². The second kappa shape index (κ2) is 7.51. The fourth-order valence-corrected chi connectivity index (χ4v) is 4.26. The standard InChI is InChI=1S/C22H26N6O3/c1-15-4-6-16(7-5-15)17-14-28-18-19(24(2)22(30)25(3)20(18)29)23-21(28)27(17)9-8-26-10-12-31-13-11-26/h4-7,14H,8-13H2,1-3H3. The molecular weight excluding hydrogens is 396 g/mol. The molecular formula is C22H26N6O3. The van der Waals surface area contributed by atoms with Gasteiger partial charge in [0, 0.05) is 46.5 Å². The molecule has 1 fully saturated rings. The molecule has 0 radical (unpaired) electrons. The fraction of sp³-hybridized carbons (Fsp3) is 0.409. The van der Waals surface area contributed by atoms with Gasteiger partial charge in [-0.05, 0) is 12.5 Å². The van der Waals surface area contributed by atoms with Crippen molar-refractivity contribution in [2.24, 2.45) is 14.1 Å². The van der Waals surface area contributed by atoms with Gasteiger partial charge in [-0.1, -0.05) is 29.8 Å². The van der Waals surface area contributed by atoms with Crippen LogP contribution in [-0.4, -0.2) is 60.8 Å². The minimum atomic E-state index is -0.378. The fourth-order valence-electron chi connectivity index (χ4n) is 4.26. The van der Waals surface area contributed by atoms with Crippen molar-refractivity contribution in [3.8, 4) is 11.3 Å². The number of rotatable bonds is 4. The van der Waals surface area contributed by atoms with Crippen molar-refractivity contribution in [2.75, 3.05) is 32.8 Å². The molecule has 162 valence electrons. The van der Waals surface area contributed by atoms with Crippen LogP contribution in [0.1, 0.15) is 5.56 Å². The molecule has 1 saturated heterocycles. The third-order valence-electron chi connectivity index (χ3n) is 6.15. The third-order valence-corrected chi connectivity index (χ3v) is 6.15. The third kappa shape index (κ3) is 3.21. The zero-order chi connectivity index (χ0) is 21.7. The molecule has 1 aliphatic heterocycles. The highest BCUT2D eigenvalue weighted by Gasteiger charge is 2.21. The SMILES string of the molecule is Cc1ccc(-c2cn3c4c(=O)n(C)c(=O)n(C)c4nc3n2CCN2CCOCC2)cc1. The van der Waals surface area contributed by atoms with E-state index in [1.54, 1.807) is 7.05 Å². The second-order valence-electron chi connectivity index (χ2n) is 8.15. The van der Waals surface area contributed by atoms with Crippen molar-refractivity contribution in [2.45, 2.75) is 13.5 Å². The Morgan fingerprint density at radius 3 is 2.42 bits per heavy atom. The first kappa shape index (κ1) is 19.8. The van der Waals surface area contributed by atoms with Gasteiger partial charge in [-0.25, -0.2) is 4.79 Å². The zero-order valence-corrected chi connectivity index (χ0v) is 18.0. The lowest BCUT2D eigenvalue weighted by Gasteiger charge is -2.26. The van der Waals surface area contributed by atoms with Crippen molar-refractivity contribution < 1.29 is 4.74 Å². The van der Waals surface area contributed by atoms with Crippen LogP contribution < -0.4 is 11.2 Å². The summed E-state index contributed by atoms with van der Waals surface area (Å²) in [7, 11) is 3.15. The zero-order valence-electron chi connectivity index (χ0n) is 18.0. The molecule has 31 heavy (non-hydrogen) atoms. The minimum Gasteiger partial charge on any atom is -0.379 e. The lowest BCUT2D eigenvalue weighted by Crippen LogP contribution is -2.38. The molecule has 9 heteroatoms. The van der Waals surface area contributed by atoms with Gasteiger partial charge in [-0.15, -0.1) is 0 Å². The number of aryl methyl sites for hydroxylation is 2. The highest BCUT2D eigenvalue weighted by Crippen LogP contribution is 2.26. The maximum Gasteiger partial charge on any atom is 0.332 e. The summed E-state index contributed by atoms with van der Waals surface area (Å²) in [5, 5.41) is 0. The van der Waals surface area contributed by atoms with Crippen LogP contribution >= 0.6 is 0 Å². The summed E-state index contributed by atoms with van der Waals surface area (Å²) in [6.07, 6.45) is 1.96. The van der Waals surface area contributed by atoms with Crippen LogP contribution in [-0.2, 0) is 25.4 Å². The molecule has 5 rings (SSSR count). The van der Waals surface area contributed by atoms with Crippen molar-refractivity contribution in [1.29, 1.82) is 0 Å². The smallest absolute Gasteiger partial charge is 0.332 e. The number of benzene rings is 1. The summed E-state index contributed by atoms with van der Waals surface area (Å²) < 4.78 is 12.0. The number of hydrogen-bond acceptors (Lipinski definition) is 5. The molecule has 0 aliphatic carbocycles. The van der Waals surface area contributed by atoms with Crippen LogP contribution in [0.5, 0.6) is 0 Å². The predicted molar refractivity (Wildman–Crippen MR) is 119 cm³/mol. The van der Waals surface area contributed by atoms with E-state index in [2.05, 4.69) is 40.7 Å². The van der Waals surface area contributed by atoms with Gasteiger partial charge in [0.1, 0.15) is 0 Å². The van der Waals surface area contributed by atoms with E-state index in [-0.39, 0.29) is 11.2 Å². The Labute approximate surface area is 178 Å². The van der Waals surface area contributed by atoms with E-state index < -0.39 is 0 Å². The van der Waals surface area contributed by atoms with Gasteiger partial charge < -0.3 is 9.30 Å². The number of morpholine rings is 1. The van der Waals surface area contributed by atoms with E-state index in [1.165, 1.54) is 17.2 Å². The molecule has 9 nitrogen and oxygen atoms in total. The Hall–Kier alpha value is -3.17. The summed E-state index contributed by atoms with van der Waals surface area (Å²) >= 11 is 0. The average Bonchev–Trinajstić information content (AvgIpc) is 3.32. The Kier molecular flexibility index (Phi) is 4.79. The highest BCUT2D eigenvalue weighted by atomic mass is 16.5. The Bertz CT molecular complexity index is 1380. The first-order valence-corrected chi connectivity index (χ1v) is 10.5. The molecule has 3 aromatic heterocycles. The van der Waals surface area contributed by atoms with Crippen LogP contribution in [0, 0.1) is 6.92 Å².